The van der Waals surface area contributed by atoms with E-state index in [-0.39, 0.29) is 24.0 Å². The summed E-state index contributed by atoms with van der Waals surface area (Å²) >= 11 is 0. The highest BCUT2D eigenvalue weighted by Crippen LogP contribution is 2.22. The van der Waals surface area contributed by atoms with Crippen molar-refractivity contribution in [1.29, 1.82) is 0 Å². The van der Waals surface area contributed by atoms with Gasteiger partial charge in [-0.05, 0) is 11.8 Å². The van der Waals surface area contributed by atoms with Crippen molar-refractivity contribution in [3.8, 4) is 0 Å². The molecule has 3 nitrogen and oxygen atoms in total. The van der Waals surface area contributed by atoms with Gasteiger partial charge in [-0.3, -0.25) is 4.79 Å². The number of carbonyl (C=O) groups is 1. The third-order valence-corrected chi connectivity index (χ3v) is 1.82. The molecule has 0 saturated carbocycles. The lowest BCUT2D eigenvalue weighted by Gasteiger charge is -2.29. The maximum Gasteiger partial charge on any atom is 0.246 e. The van der Waals surface area contributed by atoms with Gasteiger partial charge in [0.05, 0.1) is 6.10 Å². The van der Waals surface area contributed by atoms with Gasteiger partial charge < -0.3 is 10.1 Å². The Labute approximate surface area is 73.5 Å². The molecule has 0 aliphatic carbocycles. The SMILES string of the molecule is CC(C)(C)CC1CNC(=O)CO1. The molecule has 0 radical (unpaired) electrons. The lowest BCUT2D eigenvalue weighted by Crippen LogP contribution is -2.44. The van der Waals surface area contributed by atoms with Gasteiger partial charge in [-0.15, -0.1) is 0 Å². The fraction of sp³-hybridized carbons (Fsp3) is 0.889. The standard InChI is InChI=1S/C9H17NO2/c1-9(2,3)4-7-5-10-8(11)6-12-7/h7H,4-6H2,1-3H3,(H,10,11). The molecule has 1 aliphatic rings. The molecule has 1 saturated heterocycles. The minimum absolute atomic E-state index is 0.000147. The van der Waals surface area contributed by atoms with E-state index in [0.29, 0.717) is 6.54 Å². The molecule has 0 aromatic heterocycles. The zero-order valence-electron chi connectivity index (χ0n) is 8.02. The highest BCUT2D eigenvalue weighted by molar-refractivity contribution is 5.77. The zero-order chi connectivity index (χ0) is 9.19. The number of carbonyl (C=O) groups excluding carboxylic acids is 1. The van der Waals surface area contributed by atoms with Gasteiger partial charge in [0.15, 0.2) is 0 Å². The van der Waals surface area contributed by atoms with Crippen LogP contribution in [-0.4, -0.2) is 25.2 Å². The molecule has 0 spiro atoms. The molecule has 1 rings (SSSR count). The number of morpholine rings is 1. The predicted molar refractivity (Wildman–Crippen MR) is 46.8 cm³/mol. The van der Waals surface area contributed by atoms with E-state index in [1.807, 2.05) is 0 Å². The molecule has 1 fully saturated rings. The van der Waals surface area contributed by atoms with Crippen LogP contribution in [0.15, 0.2) is 0 Å². The highest BCUT2D eigenvalue weighted by Gasteiger charge is 2.23. The van der Waals surface area contributed by atoms with E-state index in [4.69, 9.17) is 4.74 Å². The lowest BCUT2D eigenvalue weighted by atomic mass is 9.89. The highest BCUT2D eigenvalue weighted by atomic mass is 16.5. The summed E-state index contributed by atoms with van der Waals surface area (Å²) in [6.07, 6.45) is 1.19. The first kappa shape index (κ1) is 9.52. The van der Waals surface area contributed by atoms with Crippen LogP contribution in [0.25, 0.3) is 0 Å². The van der Waals surface area contributed by atoms with Crippen LogP contribution in [0.1, 0.15) is 27.2 Å². The van der Waals surface area contributed by atoms with E-state index in [0.717, 1.165) is 6.42 Å². The average molecular weight is 171 g/mol. The van der Waals surface area contributed by atoms with Crippen molar-refractivity contribution in [3.63, 3.8) is 0 Å². The zero-order valence-corrected chi connectivity index (χ0v) is 8.02. The Morgan fingerprint density at radius 1 is 1.58 bits per heavy atom. The summed E-state index contributed by atoms with van der Waals surface area (Å²) in [5, 5.41) is 2.79. The third-order valence-electron chi connectivity index (χ3n) is 1.82. The third kappa shape index (κ3) is 3.22. The van der Waals surface area contributed by atoms with Crippen LogP contribution >= 0.6 is 0 Å². The minimum atomic E-state index is 0.000147. The van der Waals surface area contributed by atoms with Crippen LogP contribution in [-0.2, 0) is 9.53 Å². The first-order valence-electron chi connectivity index (χ1n) is 4.36. The van der Waals surface area contributed by atoms with Crippen molar-refractivity contribution in [3.05, 3.63) is 0 Å². The van der Waals surface area contributed by atoms with Crippen LogP contribution in [0, 0.1) is 5.41 Å². The van der Waals surface area contributed by atoms with Gasteiger partial charge in [0.1, 0.15) is 6.61 Å². The van der Waals surface area contributed by atoms with E-state index in [1.165, 1.54) is 0 Å². The van der Waals surface area contributed by atoms with Crippen LogP contribution in [0.5, 0.6) is 0 Å². The quantitative estimate of drug-likeness (QED) is 0.637. The Bertz CT molecular complexity index is 162. The van der Waals surface area contributed by atoms with Gasteiger partial charge in [-0.1, -0.05) is 20.8 Å². The van der Waals surface area contributed by atoms with Crippen LogP contribution < -0.4 is 5.32 Å². The molecular weight excluding hydrogens is 154 g/mol. The molecule has 1 heterocycles. The molecule has 1 amide bonds. The molecule has 1 atom stereocenters. The number of rotatable bonds is 1. The average Bonchev–Trinajstić information content (AvgIpc) is 1.91. The Kier molecular flexibility index (Phi) is 2.73. The van der Waals surface area contributed by atoms with Gasteiger partial charge >= 0.3 is 0 Å². The normalized spacial score (nSPS) is 25.2. The number of hydrogen-bond donors (Lipinski definition) is 1. The van der Waals surface area contributed by atoms with Crippen molar-refractivity contribution in [2.75, 3.05) is 13.2 Å². The second-order valence-electron chi connectivity index (χ2n) is 4.50. The summed E-state index contributed by atoms with van der Waals surface area (Å²) in [5.41, 5.74) is 0.271. The Morgan fingerprint density at radius 2 is 2.25 bits per heavy atom. The fourth-order valence-corrected chi connectivity index (χ4v) is 1.35. The van der Waals surface area contributed by atoms with Crippen molar-refractivity contribution in [2.45, 2.75) is 33.3 Å². The molecule has 1 N–H and O–H groups in total. The molecule has 0 aromatic rings. The summed E-state index contributed by atoms with van der Waals surface area (Å²) in [6.45, 7) is 7.41. The Hall–Kier alpha value is -0.570. The largest absolute Gasteiger partial charge is 0.367 e. The maximum atomic E-state index is 10.7. The smallest absolute Gasteiger partial charge is 0.246 e. The van der Waals surface area contributed by atoms with Crippen molar-refractivity contribution >= 4 is 5.91 Å². The number of ether oxygens (including phenoxy) is 1. The predicted octanol–water partition coefficient (Wildman–Crippen LogP) is 0.938. The number of amides is 1. The summed E-state index contributed by atoms with van der Waals surface area (Å²) < 4.78 is 5.35. The Balaban J connectivity index is 2.31. The first-order valence-corrected chi connectivity index (χ1v) is 4.36. The van der Waals surface area contributed by atoms with Crippen molar-refractivity contribution < 1.29 is 9.53 Å². The summed E-state index contributed by atoms with van der Waals surface area (Å²) in [7, 11) is 0. The molecule has 0 bridgehead atoms. The minimum Gasteiger partial charge on any atom is -0.367 e. The van der Waals surface area contributed by atoms with Crippen molar-refractivity contribution in [1.82, 2.24) is 5.32 Å². The van der Waals surface area contributed by atoms with E-state index < -0.39 is 0 Å². The van der Waals surface area contributed by atoms with E-state index in [2.05, 4.69) is 26.1 Å². The van der Waals surface area contributed by atoms with Gasteiger partial charge in [0.2, 0.25) is 5.91 Å². The molecule has 1 unspecified atom stereocenters. The molecular formula is C9H17NO2. The topological polar surface area (TPSA) is 38.3 Å². The molecule has 3 heteroatoms. The van der Waals surface area contributed by atoms with Crippen molar-refractivity contribution in [2.24, 2.45) is 5.41 Å². The summed E-state index contributed by atoms with van der Waals surface area (Å²) in [6, 6.07) is 0. The fourth-order valence-electron chi connectivity index (χ4n) is 1.35. The number of hydrogen-bond acceptors (Lipinski definition) is 2. The van der Waals surface area contributed by atoms with E-state index in [9.17, 15) is 4.79 Å². The first-order chi connectivity index (χ1) is 5.47. The van der Waals surface area contributed by atoms with Gasteiger partial charge in [-0.2, -0.15) is 0 Å². The van der Waals surface area contributed by atoms with Gasteiger partial charge in [0.25, 0.3) is 0 Å². The molecule has 1 aliphatic heterocycles. The van der Waals surface area contributed by atoms with Gasteiger partial charge in [-0.25, -0.2) is 0 Å². The lowest BCUT2D eigenvalue weighted by molar-refractivity contribution is -0.134. The van der Waals surface area contributed by atoms with E-state index >= 15 is 0 Å². The summed E-state index contributed by atoms with van der Waals surface area (Å²) in [5.74, 6) is 0.000147. The maximum absolute atomic E-state index is 10.7. The molecule has 12 heavy (non-hydrogen) atoms. The molecule has 0 aromatic carbocycles. The Morgan fingerprint density at radius 3 is 2.67 bits per heavy atom. The number of nitrogens with one attached hydrogen (secondary N) is 1. The summed E-state index contributed by atoms with van der Waals surface area (Å²) in [4.78, 5) is 10.7. The molecule has 70 valence electrons. The second kappa shape index (κ2) is 3.44. The van der Waals surface area contributed by atoms with Crippen LogP contribution in [0.2, 0.25) is 0 Å². The van der Waals surface area contributed by atoms with Crippen LogP contribution in [0.4, 0.5) is 0 Å². The van der Waals surface area contributed by atoms with E-state index in [1.54, 1.807) is 0 Å². The van der Waals surface area contributed by atoms with Gasteiger partial charge in [0, 0.05) is 6.54 Å². The van der Waals surface area contributed by atoms with Crippen LogP contribution in [0.3, 0.4) is 0 Å². The second-order valence-corrected chi connectivity index (χ2v) is 4.50. The monoisotopic (exact) mass is 171 g/mol.